The van der Waals surface area contributed by atoms with E-state index in [1.807, 2.05) is 6.92 Å². The van der Waals surface area contributed by atoms with Crippen LogP contribution in [0.25, 0.3) is 5.76 Å². The predicted octanol–water partition coefficient (Wildman–Crippen LogP) is 0.668. The van der Waals surface area contributed by atoms with Gasteiger partial charge in [0.1, 0.15) is 22.8 Å². The van der Waals surface area contributed by atoms with Crippen LogP contribution in [0.2, 0.25) is 0 Å². The van der Waals surface area contributed by atoms with Crippen LogP contribution in [-0.4, -0.2) is 97.6 Å². The molecule has 0 saturated heterocycles. The van der Waals surface area contributed by atoms with Gasteiger partial charge >= 0.3 is 0 Å². The number of nitrogens with two attached hydrogens (primary N) is 1. The van der Waals surface area contributed by atoms with E-state index in [0.717, 1.165) is 5.56 Å². The number of nitrogens with zero attached hydrogens (tertiary/aromatic N) is 2. The molecule has 0 unspecified atom stereocenters. The molecule has 248 valence electrons. The number of amides is 1. The largest absolute Gasteiger partial charge is 0.508 e. The quantitative estimate of drug-likeness (QED) is 0.187. The van der Waals surface area contributed by atoms with E-state index in [9.17, 15) is 43.2 Å². The SMILES string of the molecule is Cc1ccc(S(=O)(=O)NCC#Cc2cc(N(C)C)c3c(c2O)C(O)=C2C(=O)[C@]4(O)C(O)=C(C(N)=O)C(=O)[C@@H](N(C)C)[C@@H]4C[C@@H]2C3)cc1. The van der Waals surface area contributed by atoms with E-state index in [1.54, 1.807) is 37.2 Å². The molecule has 4 atom stereocenters. The number of sulfonamides is 1. The number of Topliss-reactive ketones (excluding diaryl/α,β-unsaturated/α-hetero) is 2. The number of aryl methyl sites for hydroxylation is 1. The van der Waals surface area contributed by atoms with Crippen molar-refractivity contribution in [1.29, 1.82) is 0 Å². The fourth-order valence-corrected chi connectivity index (χ4v) is 7.78. The lowest BCUT2D eigenvalue weighted by Gasteiger charge is -2.50. The molecule has 3 aliphatic rings. The van der Waals surface area contributed by atoms with Gasteiger partial charge in [-0.1, -0.05) is 29.5 Å². The second kappa shape index (κ2) is 11.8. The monoisotopic (exact) mass is 664 g/mol. The van der Waals surface area contributed by atoms with Crippen LogP contribution < -0.4 is 15.4 Å². The second-order valence-corrected chi connectivity index (χ2v) is 14.2. The van der Waals surface area contributed by atoms with Gasteiger partial charge in [0.25, 0.3) is 5.91 Å². The Balaban J connectivity index is 1.59. The summed E-state index contributed by atoms with van der Waals surface area (Å²) in [5, 5.41) is 45.8. The third-order valence-corrected chi connectivity index (χ3v) is 10.5. The molecule has 1 saturated carbocycles. The molecule has 1 amide bonds. The van der Waals surface area contributed by atoms with E-state index in [2.05, 4.69) is 16.6 Å². The van der Waals surface area contributed by atoms with Crippen LogP contribution in [0.15, 0.2) is 52.1 Å². The highest BCUT2D eigenvalue weighted by atomic mass is 32.2. The first-order chi connectivity index (χ1) is 21.9. The fraction of sp³-hybridized carbons (Fsp3) is 0.364. The van der Waals surface area contributed by atoms with Crippen molar-refractivity contribution in [2.75, 3.05) is 39.6 Å². The maximum atomic E-state index is 14.1. The second-order valence-electron chi connectivity index (χ2n) is 12.4. The molecule has 13 nitrogen and oxygen atoms in total. The smallest absolute Gasteiger partial charge is 0.255 e. The molecule has 47 heavy (non-hydrogen) atoms. The molecule has 1 fully saturated rings. The minimum Gasteiger partial charge on any atom is -0.508 e. The Morgan fingerprint density at radius 3 is 2.32 bits per heavy atom. The maximum absolute atomic E-state index is 14.1. The number of ketones is 2. The van der Waals surface area contributed by atoms with Crippen molar-refractivity contribution in [3.8, 4) is 17.6 Å². The molecule has 0 bridgehead atoms. The number of phenols is 1. The highest BCUT2D eigenvalue weighted by Crippen LogP contribution is 2.54. The number of phenolic OH excluding ortho intramolecular Hbond substituents is 1. The molecule has 0 radical (unpaired) electrons. The highest BCUT2D eigenvalue weighted by Gasteiger charge is 2.64. The molecule has 14 heteroatoms. The van der Waals surface area contributed by atoms with E-state index in [1.165, 1.54) is 31.1 Å². The molecule has 0 heterocycles. The summed E-state index contributed by atoms with van der Waals surface area (Å²) in [4.78, 5) is 42.8. The number of aliphatic hydroxyl groups is 3. The normalized spacial score (nSPS) is 23.9. The van der Waals surface area contributed by atoms with Crippen LogP contribution in [0.5, 0.6) is 5.75 Å². The number of carbonyl (C=O) groups is 3. The molecule has 0 spiro atoms. The van der Waals surface area contributed by atoms with Crippen molar-refractivity contribution in [1.82, 2.24) is 9.62 Å². The van der Waals surface area contributed by atoms with Crippen LogP contribution in [0, 0.1) is 30.6 Å². The Morgan fingerprint density at radius 1 is 1.11 bits per heavy atom. The van der Waals surface area contributed by atoms with Crippen molar-refractivity contribution >= 4 is 38.9 Å². The standard InChI is InChI=1S/C33H36N4O9S/c1-16-8-10-19(11-9-16)47(45,46)35-12-6-7-17-15-22(36(2)3)20-13-18-14-21-26(37(4)5)29(40)25(32(34)43)31(42)33(21,44)30(41)23(18)28(39)24(20)27(17)38/h8-11,15,18,21,26,35,38-39,42,44H,12-14H2,1-5H3,(H2,34,43)/t18-,21-,26-,33-/m0/s1. The number of rotatable bonds is 6. The van der Waals surface area contributed by atoms with Crippen LogP contribution in [0.4, 0.5) is 5.69 Å². The Labute approximate surface area is 272 Å². The van der Waals surface area contributed by atoms with Gasteiger partial charge in [0.2, 0.25) is 15.8 Å². The van der Waals surface area contributed by atoms with Gasteiger partial charge in [0.15, 0.2) is 11.4 Å². The van der Waals surface area contributed by atoms with Gasteiger partial charge in [-0.3, -0.25) is 19.3 Å². The van der Waals surface area contributed by atoms with E-state index < -0.39 is 73.8 Å². The minimum atomic E-state index is -3.86. The number of fused-ring (bicyclic) bond motifs is 3. The summed E-state index contributed by atoms with van der Waals surface area (Å²) >= 11 is 0. The maximum Gasteiger partial charge on any atom is 0.255 e. The Morgan fingerprint density at radius 2 is 1.74 bits per heavy atom. The number of carbonyl (C=O) groups excluding carboxylic acids is 3. The Kier molecular flexibility index (Phi) is 8.48. The molecule has 2 aromatic carbocycles. The summed E-state index contributed by atoms with van der Waals surface area (Å²) in [6.07, 6.45) is 0.0712. The van der Waals surface area contributed by atoms with Crippen molar-refractivity contribution in [3.05, 3.63) is 69.5 Å². The average Bonchev–Trinajstić information content (AvgIpc) is 2.97. The van der Waals surface area contributed by atoms with Crippen molar-refractivity contribution in [2.45, 2.75) is 36.3 Å². The van der Waals surface area contributed by atoms with E-state index in [0.29, 0.717) is 11.3 Å². The number of benzene rings is 2. The predicted molar refractivity (Wildman–Crippen MR) is 172 cm³/mol. The van der Waals surface area contributed by atoms with Crippen LogP contribution >= 0.6 is 0 Å². The molecule has 7 N–H and O–H groups in total. The van der Waals surface area contributed by atoms with Gasteiger partial charge in [0, 0.05) is 31.3 Å². The summed E-state index contributed by atoms with van der Waals surface area (Å²) in [5.41, 5.74) is 3.29. The number of hydrogen-bond donors (Lipinski definition) is 6. The van der Waals surface area contributed by atoms with E-state index >= 15 is 0 Å². The number of hydrogen-bond acceptors (Lipinski definition) is 11. The average molecular weight is 665 g/mol. The van der Waals surface area contributed by atoms with Gasteiger partial charge in [-0.25, -0.2) is 8.42 Å². The van der Waals surface area contributed by atoms with Gasteiger partial charge < -0.3 is 31.1 Å². The van der Waals surface area contributed by atoms with Crippen LogP contribution in [-0.2, 0) is 30.8 Å². The topological polar surface area (TPSA) is 211 Å². The highest BCUT2D eigenvalue weighted by molar-refractivity contribution is 7.89. The zero-order chi connectivity index (χ0) is 34.7. The third-order valence-electron chi connectivity index (χ3n) is 9.08. The van der Waals surface area contributed by atoms with Crippen molar-refractivity contribution in [3.63, 3.8) is 0 Å². The summed E-state index contributed by atoms with van der Waals surface area (Å²) in [5.74, 6) is -2.07. The Bertz CT molecular complexity index is 1950. The third kappa shape index (κ3) is 5.35. The van der Waals surface area contributed by atoms with Crippen LogP contribution in [0.3, 0.4) is 0 Å². The first-order valence-corrected chi connectivity index (χ1v) is 16.2. The zero-order valence-electron chi connectivity index (χ0n) is 26.5. The zero-order valence-corrected chi connectivity index (χ0v) is 27.3. The molecule has 5 rings (SSSR count). The summed E-state index contributed by atoms with van der Waals surface area (Å²) in [6, 6.07) is 6.66. The first kappa shape index (κ1) is 33.7. The molecular formula is C33H36N4O9S. The fourth-order valence-electron chi connectivity index (χ4n) is 6.86. The summed E-state index contributed by atoms with van der Waals surface area (Å²) in [6.45, 7) is 1.53. The van der Waals surface area contributed by atoms with Crippen molar-refractivity contribution < 1.29 is 43.2 Å². The van der Waals surface area contributed by atoms with E-state index in [-0.39, 0.29) is 41.0 Å². The number of primary amides is 1. The lowest BCUT2D eigenvalue weighted by atomic mass is 9.57. The van der Waals surface area contributed by atoms with Gasteiger partial charge in [-0.2, -0.15) is 4.72 Å². The number of anilines is 1. The molecule has 2 aromatic rings. The minimum absolute atomic E-state index is 0.0297. The molecule has 0 aromatic heterocycles. The van der Waals surface area contributed by atoms with Gasteiger partial charge in [0.05, 0.1) is 28.6 Å². The summed E-state index contributed by atoms with van der Waals surface area (Å²) < 4.78 is 27.7. The van der Waals surface area contributed by atoms with Crippen molar-refractivity contribution in [2.24, 2.45) is 17.6 Å². The molecule has 0 aliphatic heterocycles. The van der Waals surface area contributed by atoms with Gasteiger partial charge in [-0.15, -0.1) is 0 Å². The Hall–Kier alpha value is -4.68. The lowest BCUT2D eigenvalue weighted by molar-refractivity contribution is -0.153. The molecule has 3 aliphatic carbocycles. The number of nitrogens with one attached hydrogen (secondary N) is 1. The first-order valence-electron chi connectivity index (χ1n) is 14.7. The van der Waals surface area contributed by atoms with Gasteiger partial charge in [-0.05, 0) is 63.5 Å². The van der Waals surface area contributed by atoms with Crippen LogP contribution in [0.1, 0.15) is 28.7 Å². The number of aliphatic hydroxyl groups excluding tert-OH is 2. The van der Waals surface area contributed by atoms with E-state index in [4.69, 9.17) is 5.73 Å². The summed E-state index contributed by atoms with van der Waals surface area (Å²) in [7, 11) is 2.68. The lowest BCUT2D eigenvalue weighted by Crippen LogP contribution is -2.65. The number of likely N-dealkylation sites (N-methyl/N-ethyl adjacent to an activating group) is 1. The molecular weight excluding hydrogens is 628 g/mol. The number of aromatic hydroxyl groups is 1.